The standard InChI is InChI=1S/C8H11NO4/c1-5-6(4-9-12-2)3-7(13-5)8(10)11/h3,9H,4H2,1-2H3,(H,10,11). The lowest BCUT2D eigenvalue weighted by Crippen LogP contribution is -2.10. The number of carboxylic acid groups (broad SMARTS) is 1. The van der Waals surface area contributed by atoms with Gasteiger partial charge in [0.15, 0.2) is 0 Å². The average Bonchev–Trinajstić information content (AvgIpc) is 2.44. The Bertz CT molecular complexity index is 305. The predicted molar refractivity (Wildman–Crippen MR) is 44.3 cm³/mol. The van der Waals surface area contributed by atoms with Gasteiger partial charge in [0.2, 0.25) is 5.76 Å². The Hall–Kier alpha value is -1.33. The first-order valence-electron chi connectivity index (χ1n) is 3.73. The van der Waals surface area contributed by atoms with E-state index in [2.05, 4.69) is 10.3 Å². The van der Waals surface area contributed by atoms with Crippen LogP contribution in [0.1, 0.15) is 21.9 Å². The van der Waals surface area contributed by atoms with Gasteiger partial charge in [0.1, 0.15) is 5.76 Å². The van der Waals surface area contributed by atoms with Crippen molar-refractivity contribution in [2.24, 2.45) is 0 Å². The molecule has 0 aliphatic heterocycles. The number of aromatic carboxylic acids is 1. The van der Waals surface area contributed by atoms with Crippen molar-refractivity contribution in [3.63, 3.8) is 0 Å². The SMILES string of the molecule is CONCc1cc(C(=O)O)oc1C. The molecule has 0 fully saturated rings. The number of hydroxylamine groups is 1. The van der Waals surface area contributed by atoms with Crippen LogP contribution >= 0.6 is 0 Å². The lowest BCUT2D eigenvalue weighted by molar-refractivity contribution is 0.0661. The Labute approximate surface area is 75.3 Å². The van der Waals surface area contributed by atoms with Gasteiger partial charge in [-0.05, 0) is 13.0 Å². The number of aryl methyl sites for hydroxylation is 1. The Morgan fingerprint density at radius 3 is 2.92 bits per heavy atom. The number of hydrogen-bond donors (Lipinski definition) is 2. The molecule has 1 aromatic heterocycles. The van der Waals surface area contributed by atoms with Crippen LogP contribution in [0.5, 0.6) is 0 Å². The van der Waals surface area contributed by atoms with E-state index < -0.39 is 5.97 Å². The van der Waals surface area contributed by atoms with Crippen molar-refractivity contribution in [1.82, 2.24) is 5.48 Å². The fourth-order valence-electron chi connectivity index (χ4n) is 0.951. The summed E-state index contributed by atoms with van der Waals surface area (Å²) in [5.74, 6) is -0.529. The van der Waals surface area contributed by atoms with Crippen molar-refractivity contribution >= 4 is 5.97 Å². The van der Waals surface area contributed by atoms with Gasteiger partial charge in [0, 0.05) is 12.1 Å². The highest BCUT2D eigenvalue weighted by Crippen LogP contribution is 2.14. The maximum atomic E-state index is 10.5. The number of nitrogens with one attached hydrogen (secondary N) is 1. The topological polar surface area (TPSA) is 71.7 Å². The molecule has 1 heterocycles. The quantitative estimate of drug-likeness (QED) is 0.683. The van der Waals surface area contributed by atoms with E-state index in [9.17, 15) is 4.79 Å². The van der Waals surface area contributed by atoms with Gasteiger partial charge in [0.25, 0.3) is 0 Å². The Morgan fingerprint density at radius 1 is 1.77 bits per heavy atom. The molecule has 0 bridgehead atoms. The molecule has 0 unspecified atom stereocenters. The molecule has 0 aliphatic rings. The van der Waals surface area contributed by atoms with Crippen LogP contribution in [0.3, 0.4) is 0 Å². The molecule has 5 nitrogen and oxygen atoms in total. The van der Waals surface area contributed by atoms with Crippen LogP contribution in [-0.2, 0) is 11.4 Å². The fourth-order valence-corrected chi connectivity index (χ4v) is 0.951. The summed E-state index contributed by atoms with van der Waals surface area (Å²) >= 11 is 0. The Kier molecular flexibility index (Phi) is 3.05. The maximum Gasteiger partial charge on any atom is 0.371 e. The number of hydrogen-bond acceptors (Lipinski definition) is 4. The van der Waals surface area contributed by atoms with Gasteiger partial charge in [-0.1, -0.05) is 0 Å². The van der Waals surface area contributed by atoms with Gasteiger partial charge in [-0.15, -0.1) is 0 Å². The summed E-state index contributed by atoms with van der Waals surface area (Å²) in [5.41, 5.74) is 3.38. The zero-order chi connectivity index (χ0) is 9.84. The van der Waals surface area contributed by atoms with E-state index in [1.807, 2.05) is 0 Å². The molecule has 0 saturated carbocycles. The van der Waals surface area contributed by atoms with Gasteiger partial charge < -0.3 is 14.4 Å². The van der Waals surface area contributed by atoms with Gasteiger partial charge in [-0.3, -0.25) is 0 Å². The molecule has 0 radical (unpaired) electrons. The van der Waals surface area contributed by atoms with E-state index in [0.29, 0.717) is 12.3 Å². The van der Waals surface area contributed by atoms with Gasteiger partial charge in [-0.2, -0.15) is 5.48 Å². The van der Waals surface area contributed by atoms with Crippen LogP contribution in [0.4, 0.5) is 0 Å². The lowest BCUT2D eigenvalue weighted by atomic mass is 10.2. The van der Waals surface area contributed by atoms with Crippen LogP contribution in [0.2, 0.25) is 0 Å². The van der Waals surface area contributed by atoms with E-state index in [1.54, 1.807) is 6.92 Å². The van der Waals surface area contributed by atoms with Crippen molar-refractivity contribution in [3.05, 3.63) is 23.2 Å². The largest absolute Gasteiger partial charge is 0.475 e. The third kappa shape index (κ3) is 2.30. The zero-order valence-electron chi connectivity index (χ0n) is 7.46. The molecule has 72 valence electrons. The van der Waals surface area contributed by atoms with E-state index in [1.165, 1.54) is 13.2 Å². The highest BCUT2D eigenvalue weighted by atomic mass is 16.6. The van der Waals surface area contributed by atoms with E-state index in [-0.39, 0.29) is 5.76 Å². The number of furan rings is 1. The third-order valence-electron chi connectivity index (χ3n) is 1.64. The second kappa shape index (κ2) is 4.06. The summed E-state index contributed by atoms with van der Waals surface area (Å²) in [5, 5.41) is 8.60. The smallest absolute Gasteiger partial charge is 0.371 e. The van der Waals surface area contributed by atoms with Crippen LogP contribution in [-0.4, -0.2) is 18.2 Å². The van der Waals surface area contributed by atoms with Crippen LogP contribution in [0, 0.1) is 6.92 Å². The lowest BCUT2D eigenvalue weighted by Gasteiger charge is -1.97. The molecule has 0 aliphatic carbocycles. The minimum atomic E-state index is -1.06. The second-order valence-electron chi connectivity index (χ2n) is 2.52. The molecule has 0 atom stereocenters. The van der Waals surface area contributed by atoms with Crippen LogP contribution in [0.25, 0.3) is 0 Å². The first-order chi connectivity index (χ1) is 6.15. The molecule has 0 aromatic carbocycles. The summed E-state index contributed by atoms with van der Waals surface area (Å²) in [6, 6.07) is 1.48. The Balaban J connectivity index is 2.77. The van der Waals surface area contributed by atoms with Crippen LogP contribution in [0.15, 0.2) is 10.5 Å². The van der Waals surface area contributed by atoms with E-state index in [4.69, 9.17) is 9.52 Å². The highest BCUT2D eigenvalue weighted by Gasteiger charge is 2.12. The summed E-state index contributed by atoms with van der Waals surface area (Å²) in [6.07, 6.45) is 0. The number of carboxylic acids is 1. The minimum absolute atomic E-state index is 0.0506. The number of rotatable bonds is 4. The first-order valence-corrected chi connectivity index (χ1v) is 3.73. The summed E-state index contributed by atoms with van der Waals surface area (Å²) in [4.78, 5) is 15.1. The fraction of sp³-hybridized carbons (Fsp3) is 0.375. The number of carbonyl (C=O) groups is 1. The monoisotopic (exact) mass is 185 g/mol. The molecule has 0 spiro atoms. The van der Waals surface area contributed by atoms with Crippen LogP contribution < -0.4 is 5.48 Å². The van der Waals surface area contributed by atoms with Gasteiger partial charge in [0.05, 0.1) is 7.11 Å². The summed E-state index contributed by atoms with van der Waals surface area (Å²) < 4.78 is 4.98. The molecule has 5 heteroatoms. The van der Waals surface area contributed by atoms with Crippen molar-refractivity contribution in [2.75, 3.05) is 7.11 Å². The van der Waals surface area contributed by atoms with Crippen molar-refractivity contribution in [2.45, 2.75) is 13.5 Å². The van der Waals surface area contributed by atoms with Gasteiger partial charge >= 0.3 is 5.97 Å². The average molecular weight is 185 g/mol. The summed E-state index contributed by atoms with van der Waals surface area (Å²) in [6.45, 7) is 2.14. The maximum absolute atomic E-state index is 10.5. The van der Waals surface area contributed by atoms with Crippen molar-refractivity contribution < 1.29 is 19.2 Å². The predicted octanol–water partition coefficient (Wildman–Crippen LogP) is 0.937. The minimum Gasteiger partial charge on any atom is -0.475 e. The third-order valence-corrected chi connectivity index (χ3v) is 1.64. The molecule has 2 N–H and O–H groups in total. The molecule has 1 rings (SSSR count). The molecule has 1 aromatic rings. The Morgan fingerprint density at radius 2 is 2.46 bits per heavy atom. The highest BCUT2D eigenvalue weighted by molar-refractivity contribution is 5.84. The van der Waals surface area contributed by atoms with Gasteiger partial charge in [-0.25, -0.2) is 4.79 Å². The molecular weight excluding hydrogens is 174 g/mol. The van der Waals surface area contributed by atoms with Crippen molar-refractivity contribution in [1.29, 1.82) is 0 Å². The first kappa shape index (κ1) is 9.76. The van der Waals surface area contributed by atoms with Crippen molar-refractivity contribution in [3.8, 4) is 0 Å². The van der Waals surface area contributed by atoms with E-state index in [0.717, 1.165) is 5.56 Å². The molecule has 13 heavy (non-hydrogen) atoms. The molecular formula is C8H11NO4. The second-order valence-corrected chi connectivity index (χ2v) is 2.52. The van der Waals surface area contributed by atoms with E-state index >= 15 is 0 Å². The zero-order valence-corrected chi connectivity index (χ0v) is 7.46. The molecule has 0 amide bonds. The molecule has 0 saturated heterocycles. The normalized spacial score (nSPS) is 10.3. The summed E-state index contributed by atoms with van der Waals surface area (Å²) in [7, 11) is 1.49.